The molecule has 0 fully saturated rings. The van der Waals surface area contributed by atoms with Crippen LogP contribution in [-0.2, 0) is 4.79 Å². The maximum atomic E-state index is 12.9. The monoisotopic (exact) mass is 408 g/mol. The number of hydrogen-bond donors (Lipinski definition) is 1. The number of nitrogens with one attached hydrogen (secondary N) is 1. The summed E-state index contributed by atoms with van der Waals surface area (Å²) >= 11 is 1.36. The summed E-state index contributed by atoms with van der Waals surface area (Å²) in [5, 5.41) is 2.31. The Morgan fingerprint density at radius 1 is 1.21 bits per heavy atom. The van der Waals surface area contributed by atoms with Crippen LogP contribution >= 0.6 is 11.3 Å². The lowest BCUT2D eigenvalue weighted by atomic mass is 10.1. The largest absolute Gasteiger partial charge is 0.459 e. The summed E-state index contributed by atoms with van der Waals surface area (Å²) in [6.07, 6.45) is 2.65. The van der Waals surface area contributed by atoms with Crippen molar-refractivity contribution < 1.29 is 14.0 Å². The molecule has 1 aromatic carbocycles. The van der Waals surface area contributed by atoms with Gasteiger partial charge in [0.05, 0.1) is 11.6 Å². The smallest absolute Gasteiger partial charge is 0.289 e. The number of hydrogen-bond acceptors (Lipinski definition) is 6. The first-order chi connectivity index (χ1) is 14.0. The van der Waals surface area contributed by atoms with Crippen molar-refractivity contribution in [2.45, 2.75) is 0 Å². The number of fused-ring (bicyclic) bond motifs is 1. The molecule has 146 valence electrons. The fourth-order valence-electron chi connectivity index (χ4n) is 2.89. The third-order valence-electron chi connectivity index (χ3n) is 4.28. The topological polar surface area (TPSA) is 97.4 Å². The number of likely N-dealkylation sites (N-methyl/N-ethyl adjacent to an activating group) is 1. The molecule has 0 saturated carbocycles. The predicted octanol–water partition coefficient (Wildman–Crippen LogP) is 2.56. The molecule has 2 amide bonds. The van der Waals surface area contributed by atoms with Crippen LogP contribution in [0.2, 0.25) is 0 Å². The average Bonchev–Trinajstić information content (AvgIpc) is 3.40. The minimum absolute atomic E-state index is 0.131. The highest BCUT2D eigenvalue weighted by Crippen LogP contribution is 2.30. The van der Waals surface area contributed by atoms with Crippen LogP contribution in [0.3, 0.4) is 0 Å². The maximum Gasteiger partial charge on any atom is 0.289 e. The Kier molecular flexibility index (Phi) is 4.96. The molecule has 4 rings (SSSR count). The number of amides is 2. The third-order valence-corrected chi connectivity index (χ3v) is 5.17. The number of thiophene rings is 1. The molecule has 0 atom stereocenters. The molecule has 4 aromatic rings. The summed E-state index contributed by atoms with van der Waals surface area (Å²) in [7, 11) is 1.47. The van der Waals surface area contributed by atoms with Gasteiger partial charge in [-0.2, -0.15) is 0 Å². The van der Waals surface area contributed by atoms with Crippen LogP contribution in [0.5, 0.6) is 0 Å². The first kappa shape index (κ1) is 18.6. The second kappa shape index (κ2) is 7.72. The van der Waals surface area contributed by atoms with E-state index >= 15 is 0 Å². The molecule has 0 unspecified atom stereocenters. The van der Waals surface area contributed by atoms with Gasteiger partial charge in [0.2, 0.25) is 0 Å². The molecular weight excluding hydrogens is 392 g/mol. The zero-order valence-corrected chi connectivity index (χ0v) is 16.2. The van der Waals surface area contributed by atoms with Crippen molar-refractivity contribution in [2.75, 3.05) is 19.0 Å². The van der Waals surface area contributed by atoms with Crippen LogP contribution in [0.1, 0.15) is 10.6 Å². The number of furan rings is 1. The number of nitrogens with zero attached hydrogens (tertiary/aromatic N) is 3. The highest BCUT2D eigenvalue weighted by atomic mass is 32.1. The number of aromatic nitrogens is 2. The molecule has 0 radical (unpaired) electrons. The summed E-state index contributed by atoms with van der Waals surface area (Å²) < 4.78 is 6.08. The molecular formula is C20H16N4O4S. The van der Waals surface area contributed by atoms with Gasteiger partial charge in [0, 0.05) is 18.0 Å². The highest BCUT2D eigenvalue weighted by Gasteiger charge is 2.18. The molecule has 0 spiro atoms. The number of benzene rings is 1. The van der Waals surface area contributed by atoms with E-state index in [1.165, 1.54) is 41.9 Å². The highest BCUT2D eigenvalue weighted by molar-refractivity contribution is 7.17. The second-order valence-corrected chi connectivity index (χ2v) is 7.15. The van der Waals surface area contributed by atoms with Crippen LogP contribution in [0.15, 0.2) is 69.6 Å². The molecule has 0 saturated heterocycles. The number of rotatable bonds is 5. The molecule has 0 aliphatic carbocycles. The van der Waals surface area contributed by atoms with Gasteiger partial charge in [0.15, 0.2) is 5.76 Å². The molecule has 0 aliphatic heterocycles. The van der Waals surface area contributed by atoms with Crippen molar-refractivity contribution in [3.63, 3.8) is 0 Å². The zero-order valence-electron chi connectivity index (χ0n) is 15.4. The van der Waals surface area contributed by atoms with Gasteiger partial charge in [-0.05, 0) is 17.7 Å². The van der Waals surface area contributed by atoms with Crippen molar-refractivity contribution in [2.24, 2.45) is 0 Å². The quantitative estimate of drug-likeness (QED) is 0.547. The van der Waals surface area contributed by atoms with E-state index in [1.54, 1.807) is 6.07 Å². The lowest BCUT2D eigenvalue weighted by Gasteiger charge is -2.16. The summed E-state index contributed by atoms with van der Waals surface area (Å²) in [6.45, 7) is -0.251. The van der Waals surface area contributed by atoms with Crippen molar-refractivity contribution in [3.8, 4) is 11.1 Å². The van der Waals surface area contributed by atoms with Crippen LogP contribution in [0.25, 0.3) is 21.3 Å². The van der Waals surface area contributed by atoms with E-state index in [2.05, 4.69) is 10.4 Å². The Labute approximate surface area is 169 Å². The van der Waals surface area contributed by atoms with Crippen molar-refractivity contribution in [1.82, 2.24) is 14.6 Å². The third kappa shape index (κ3) is 3.67. The predicted molar refractivity (Wildman–Crippen MR) is 109 cm³/mol. The second-order valence-electron chi connectivity index (χ2n) is 6.29. The van der Waals surface area contributed by atoms with Gasteiger partial charge >= 0.3 is 0 Å². The van der Waals surface area contributed by atoms with E-state index in [4.69, 9.17) is 4.42 Å². The Morgan fingerprint density at radius 3 is 2.72 bits per heavy atom. The Bertz CT molecular complexity index is 1230. The van der Waals surface area contributed by atoms with E-state index in [-0.39, 0.29) is 17.9 Å². The van der Waals surface area contributed by atoms with Crippen LogP contribution < -0.4 is 11.0 Å². The number of carbonyl (C=O) groups is 2. The van der Waals surface area contributed by atoms with Gasteiger partial charge < -0.3 is 9.32 Å². The van der Waals surface area contributed by atoms with Crippen molar-refractivity contribution in [1.29, 1.82) is 0 Å². The zero-order chi connectivity index (χ0) is 20.4. The van der Waals surface area contributed by atoms with Crippen molar-refractivity contribution in [3.05, 3.63) is 76.5 Å². The van der Waals surface area contributed by atoms with Crippen molar-refractivity contribution >= 4 is 33.4 Å². The van der Waals surface area contributed by atoms with Gasteiger partial charge in [0.1, 0.15) is 17.7 Å². The minimum atomic E-state index is -0.535. The minimum Gasteiger partial charge on any atom is -0.459 e. The Hall–Kier alpha value is -3.72. The lowest BCUT2D eigenvalue weighted by molar-refractivity contribution is -0.117. The summed E-state index contributed by atoms with van der Waals surface area (Å²) in [4.78, 5) is 43.5. The average molecular weight is 408 g/mol. The molecule has 3 heterocycles. The van der Waals surface area contributed by atoms with E-state index in [1.807, 2.05) is 35.7 Å². The first-order valence-corrected chi connectivity index (χ1v) is 9.55. The summed E-state index contributed by atoms with van der Waals surface area (Å²) in [5.41, 5.74) is 3.75. The van der Waals surface area contributed by atoms with Gasteiger partial charge in [-0.25, -0.2) is 9.66 Å². The van der Waals surface area contributed by atoms with E-state index < -0.39 is 11.8 Å². The van der Waals surface area contributed by atoms with Crippen LogP contribution in [-0.4, -0.2) is 40.0 Å². The van der Waals surface area contributed by atoms with Crippen LogP contribution in [0, 0.1) is 0 Å². The fourth-order valence-corrected chi connectivity index (χ4v) is 3.79. The van der Waals surface area contributed by atoms with E-state index in [9.17, 15) is 14.4 Å². The van der Waals surface area contributed by atoms with Gasteiger partial charge in [-0.15, -0.1) is 11.3 Å². The lowest BCUT2D eigenvalue weighted by Crippen LogP contribution is -2.40. The van der Waals surface area contributed by atoms with E-state index in [0.717, 1.165) is 15.8 Å². The molecule has 29 heavy (non-hydrogen) atoms. The van der Waals surface area contributed by atoms with E-state index in [0.29, 0.717) is 10.2 Å². The van der Waals surface area contributed by atoms with Gasteiger partial charge in [-0.3, -0.25) is 19.8 Å². The van der Waals surface area contributed by atoms with Crippen LogP contribution in [0.4, 0.5) is 0 Å². The molecule has 0 aliphatic rings. The fraction of sp³-hybridized carbons (Fsp3) is 0.100. The maximum absolute atomic E-state index is 12.9. The van der Waals surface area contributed by atoms with Gasteiger partial charge in [0.25, 0.3) is 17.4 Å². The normalized spacial score (nSPS) is 10.8. The number of carbonyl (C=O) groups excluding carboxylic acids is 2. The summed E-state index contributed by atoms with van der Waals surface area (Å²) in [6, 6.07) is 12.6. The molecule has 8 nitrogen and oxygen atoms in total. The molecule has 1 N–H and O–H groups in total. The first-order valence-electron chi connectivity index (χ1n) is 8.67. The summed E-state index contributed by atoms with van der Waals surface area (Å²) in [5.74, 6) is -0.839. The SMILES string of the molecule is CN(CC(=O)Nn1cnc2scc(-c3ccccc3)c2c1=O)C(=O)c1ccco1. The van der Waals surface area contributed by atoms with Gasteiger partial charge in [-0.1, -0.05) is 30.3 Å². The Morgan fingerprint density at radius 2 is 2.00 bits per heavy atom. The molecule has 3 aromatic heterocycles. The Balaban J connectivity index is 1.57. The standard InChI is InChI=1S/C20H16N4O4S/c1-23(19(26)15-8-5-9-28-15)10-16(25)22-24-12-21-18-17(20(24)27)14(11-29-18)13-6-3-2-4-7-13/h2-9,11-12H,10H2,1H3,(H,22,25). The molecule has 9 heteroatoms. The molecule has 0 bridgehead atoms.